The minimum Gasteiger partial charge on any atom is -0.310 e. The van der Waals surface area contributed by atoms with Crippen LogP contribution in [0, 0.1) is 0 Å². The average Bonchev–Trinajstić information content (AvgIpc) is 4.02. The van der Waals surface area contributed by atoms with Gasteiger partial charge in [-0.25, -0.2) is 0 Å². The van der Waals surface area contributed by atoms with Crippen LogP contribution in [0.15, 0.2) is 267 Å². The van der Waals surface area contributed by atoms with Gasteiger partial charge in [0.2, 0.25) is 0 Å². The second-order valence-electron chi connectivity index (χ2n) is 18.5. The maximum Gasteiger partial charge on any atom is 0.0540 e. The molecule has 12 aromatic carbocycles. The molecule has 14 aromatic rings. The van der Waals surface area contributed by atoms with Crippen LogP contribution in [0.5, 0.6) is 0 Å². The Bertz CT molecular complexity index is 4360. The van der Waals surface area contributed by atoms with Crippen LogP contribution in [0.1, 0.15) is 0 Å². The molecule has 2 heterocycles. The van der Waals surface area contributed by atoms with Crippen LogP contribution in [-0.4, -0.2) is 0 Å². The normalized spacial score (nSPS) is 11.6. The van der Waals surface area contributed by atoms with Gasteiger partial charge in [0.25, 0.3) is 0 Å². The highest BCUT2D eigenvalue weighted by atomic mass is 32.1. The van der Waals surface area contributed by atoms with E-state index in [-0.39, 0.29) is 0 Å². The summed E-state index contributed by atoms with van der Waals surface area (Å²) in [6, 6.07) is 98.1. The van der Waals surface area contributed by atoms with Crippen molar-refractivity contribution < 1.29 is 0 Å². The van der Waals surface area contributed by atoms with Crippen molar-refractivity contribution in [3.63, 3.8) is 0 Å². The van der Waals surface area contributed by atoms with Crippen molar-refractivity contribution in [2.75, 3.05) is 9.80 Å². The summed E-state index contributed by atoms with van der Waals surface area (Å²) in [4.78, 5) is 4.92. The van der Waals surface area contributed by atoms with Crippen molar-refractivity contribution in [1.29, 1.82) is 0 Å². The number of nitrogens with zero attached hydrogens (tertiary/aromatic N) is 2. The second kappa shape index (κ2) is 17.6. The lowest BCUT2D eigenvalue weighted by Crippen LogP contribution is -2.13. The monoisotopic (exact) mass is 952 g/mol. The molecule has 0 atom stereocenters. The Morgan fingerprint density at radius 1 is 0.236 bits per heavy atom. The van der Waals surface area contributed by atoms with Crippen molar-refractivity contribution in [2.24, 2.45) is 0 Å². The van der Waals surface area contributed by atoms with Crippen LogP contribution in [-0.2, 0) is 0 Å². The molecule has 0 N–H and O–H groups in total. The number of hydrogen-bond acceptors (Lipinski definition) is 4. The van der Waals surface area contributed by atoms with Gasteiger partial charge in [-0.05, 0) is 117 Å². The van der Waals surface area contributed by atoms with Crippen LogP contribution >= 0.6 is 22.7 Å². The van der Waals surface area contributed by atoms with E-state index in [2.05, 4.69) is 277 Å². The lowest BCUT2D eigenvalue weighted by Gasteiger charge is -2.31. The molecule has 0 unspecified atom stereocenters. The van der Waals surface area contributed by atoms with E-state index in [9.17, 15) is 0 Å². The van der Waals surface area contributed by atoms with Gasteiger partial charge in [-0.3, -0.25) is 0 Å². The number of para-hydroxylation sites is 2. The zero-order chi connectivity index (χ0) is 47.5. The van der Waals surface area contributed by atoms with E-state index in [0.29, 0.717) is 0 Å². The molecule has 14 rings (SSSR count). The van der Waals surface area contributed by atoms with E-state index in [4.69, 9.17) is 0 Å². The lowest BCUT2D eigenvalue weighted by molar-refractivity contribution is 1.27. The number of hydrogen-bond donors (Lipinski definition) is 0. The third kappa shape index (κ3) is 7.31. The highest BCUT2D eigenvalue weighted by molar-refractivity contribution is 7.27. The molecule has 338 valence electrons. The third-order valence-electron chi connectivity index (χ3n) is 14.2. The number of thiophene rings is 2. The number of rotatable bonds is 9. The fourth-order valence-electron chi connectivity index (χ4n) is 10.8. The van der Waals surface area contributed by atoms with Gasteiger partial charge < -0.3 is 9.80 Å². The Hall–Kier alpha value is -8.80. The summed E-state index contributed by atoms with van der Waals surface area (Å²) in [5.41, 5.74) is 13.5. The summed E-state index contributed by atoms with van der Waals surface area (Å²) in [6.07, 6.45) is 0. The SMILES string of the molecule is c1ccc(-c2ccc(N(c3ccc4c(c3)sc3c5ccccc5ccc43)c3ccccc3-c3ccccc3N(c3cccc(-c4ccc5ccccc5c4)c3)c3ccc4c(c3)sc3ccccc34)cc2)cc1. The van der Waals surface area contributed by atoms with E-state index in [1.807, 2.05) is 22.7 Å². The first-order chi connectivity index (χ1) is 35.7. The lowest BCUT2D eigenvalue weighted by atomic mass is 9.97. The fourth-order valence-corrected chi connectivity index (χ4v) is 13.2. The minimum absolute atomic E-state index is 1.08. The summed E-state index contributed by atoms with van der Waals surface area (Å²) in [6.45, 7) is 0. The molecule has 0 fully saturated rings. The molecule has 0 bridgehead atoms. The first kappa shape index (κ1) is 42.1. The number of fused-ring (bicyclic) bond motifs is 9. The van der Waals surface area contributed by atoms with Gasteiger partial charge in [-0.15, -0.1) is 22.7 Å². The Labute approximate surface area is 426 Å². The standard InChI is InChI=1S/C68H44N2S2/c1-2-15-45(16-3-1)47-31-34-52(35-32-47)69(54-37-40-61-62-38-33-48-18-6-7-22-56(48)68(62)72-67(61)44-54)63-26-11-8-23-57(63)58-24-9-12-27-64(58)70(55-36-39-60-59-25-10-13-28-65(59)71-66(60)43-55)53-21-14-20-50(42-53)51-30-29-46-17-4-5-19-49(46)41-51/h1-44H. The van der Waals surface area contributed by atoms with Crippen molar-refractivity contribution in [1.82, 2.24) is 0 Å². The maximum atomic E-state index is 2.47. The predicted octanol–water partition coefficient (Wildman–Crippen LogP) is 20.7. The topological polar surface area (TPSA) is 6.48 Å². The van der Waals surface area contributed by atoms with Crippen molar-refractivity contribution in [2.45, 2.75) is 0 Å². The summed E-state index contributed by atoms with van der Waals surface area (Å²) in [5.74, 6) is 0. The molecular weight excluding hydrogens is 909 g/mol. The summed E-state index contributed by atoms with van der Waals surface area (Å²) >= 11 is 3.74. The summed E-state index contributed by atoms with van der Waals surface area (Å²) < 4.78 is 5.14. The molecule has 0 radical (unpaired) electrons. The molecule has 72 heavy (non-hydrogen) atoms. The Morgan fingerprint density at radius 2 is 0.722 bits per heavy atom. The van der Waals surface area contributed by atoms with Gasteiger partial charge >= 0.3 is 0 Å². The molecule has 0 amide bonds. The quantitative estimate of drug-likeness (QED) is 0.142. The smallest absolute Gasteiger partial charge is 0.0540 e. The van der Waals surface area contributed by atoms with E-state index in [0.717, 1.165) is 45.3 Å². The van der Waals surface area contributed by atoms with Gasteiger partial charge in [0.05, 0.1) is 11.4 Å². The molecule has 2 aromatic heterocycles. The van der Waals surface area contributed by atoms with E-state index in [1.165, 1.54) is 84.1 Å². The number of anilines is 6. The average molecular weight is 953 g/mol. The Balaban J connectivity index is 0.965. The number of benzene rings is 12. The molecule has 2 nitrogen and oxygen atoms in total. The van der Waals surface area contributed by atoms with E-state index >= 15 is 0 Å². The van der Waals surface area contributed by atoms with Gasteiger partial charge in [-0.1, -0.05) is 194 Å². The largest absolute Gasteiger partial charge is 0.310 e. The van der Waals surface area contributed by atoms with Crippen LogP contribution < -0.4 is 9.80 Å². The van der Waals surface area contributed by atoms with Crippen molar-refractivity contribution >= 4 is 119 Å². The zero-order valence-electron chi connectivity index (χ0n) is 39.1. The molecule has 0 spiro atoms. The fraction of sp³-hybridized carbons (Fsp3) is 0. The predicted molar refractivity (Wildman–Crippen MR) is 313 cm³/mol. The molecule has 0 aliphatic rings. The maximum absolute atomic E-state index is 2.47. The summed E-state index contributed by atoms with van der Waals surface area (Å²) in [7, 11) is 0. The van der Waals surface area contributed by atoms with Crippen LogP contribution in [0.4, 0.5) is 34.1 Å². The summed E-state index contributed by atoms with van der Waals surface area (Å²) in [5, 5.41) is 10.2. The zero-order valence-corrected chi connectivity index (χ0v) is 40.7. The molecule has 0 saturated carbocycles. The molecular formula is C68H44N2S2. The molecule has 0 saturated heterocycles. The molecule has 0 aliphatic carbocycles. The van der Waals surface area contributed by atoms with Gasteiger partial charge in [0.1, 0.15) is 0 Å². The second-order valence-corrected chi connectivity index (χ2v) is 20.6. The molecule has 4 heteroatoms. The van der Waals surface area contributed by atoms with Gasteiger partial charge in [0, 0.05) is 74.2 Å². The Morgan fingerprint density at radius 3 is 1.49 bits per heavy atom. The van der Waals surface area contributed by atoms with Gasteiger partial charge in [0.15, 0.2) is 0 Å². The van der Waals surface area contributed by atoms with E-state index < -0.39 is 0 Å². The van der Waals surface area contributed by atoms with E-state index in [1.54, 1.807) is 0 Å². The van der Waals surface area contributed by atoms with Crippen LogP contribution in [0.3, 0.4) is 0 Å². The van der Waals surface area contributed by atoms with Crippen LogP contribution in [0.25, 0.3) is 95.3 Å². The first-order valence-corrected chi connectivity index (χ1v) is 26.1. The minimum atomic E-state index is 1.08. The highest BCUT2D eigenvalue weighted by Gasteiger charge is 2.24. The first-order valence-electron chi connectivity index (χ1n) is 24.5. The highest BCUT2D eigenvalue weighted by Crippen LogP contribution is 2.49. The van der Waals surface area contributed by atoms with Crippen molar-refractivity contribution in [3.05, 3.63) is 267 Å². The van der Waals surface area contributed by atoms with Gasteiger partial charge in [-0.2, -0.15) is 0 Å². The molecule has 0 aliphatic heterocycles. The van der Waals surface area contributed by atoms with Crippen LogP contribution in [0.2, 0.25) is 0 Å². The van der Waals surface area contributed by atoms with Crippen molar-refractivity contribution in [3.8, 4) is 33.4 Å². The third-order valence-corrected chi connectivity index (χ3v) is 16.6. The Kier molecular flexibility index (Phi) is 10.3.